The molecule has 0 spiro atoms. The Kier molecular flexibility index (Phi) is 3.47. The zero-order valence-electron chi connectivity index (χ0n) is 8.60. The Morgan fingerprint density at radius 3 is 2.35 bits per heavy atom. The highest BCUT2D eigenvalue weighted by atomic mass is 32.3. The lowest BCUT2D eigenvalue weighted by Crippen LogP contribution is -2.10. The molecule has 0 unspecified atom stereocenters. The van der Waals surface area contributed by atoms with Crippen molar-refractivity contribution in [3.8, 4) is 0 Å². The van der Waals surface area contributed by atoms with E-state index in [1.54, 1.807) is 0 Å². The molecule has 1 rings (SSSR count). The van der Waals surface area contributed by atoms with Gasteiger partial charge in [0.25, 0.3) is 0 Å². The fraction of sp³-hybridized carbons (Fsp3) is 0.111. The van der Waals surface area contributed by atoms with Crippen LogP contribution < -0.4 is 5.32 Å². The average Bonchev–Trinajstić information content (AvgIpc) is 2.15. The fourth-order valence-corrected chi connectivity index (χ4v) is 1.80. The third-order valence-electron chi connectivity index (χ3n) is 1.80. The predicted molar refractivity (Wildman–Crippen MR) is 56.0 cm³/mol. The zero-order chi connectivity index (χ0) is 13.2. The molecule has 92 valence electrons. The van der Waals surface area contributed by atoms with Gasteiger partial charge in [0.05, 0.1) is 11.3 Å². The quantitative estimate of drug-likeness (QED) is 0.790. The summed E-state index contributed by atoms with van der Waals surface area (Å²) in [6.45, 7) is 1.11. The molecule has 0 bridgehead atoms. The topological polar surface area (TPSA) is 101 Å². The molecule has 8 heteroatoms. The van der Waals surface area contributed by atoms with Crippen LogP contribution in [0.3, 0.4) is 0 Å². The van der Waals surface area contributed by atoms with Crippen LogP contribution in [0.25, 0.3) is 0 Å². The minimum absolute atomic E-state index is 0.301. The summed E-state index contributed by atoms with van der Waals surface area (Å²) in [4.78, 5) is 20.5. The van der Waals surface area contributed by atoms with Gasteiger partial charge in [-0.05, 0) is 18.2 Å². The van der Waals surface area contributed by atoms with E-state index in [4.69, 9.17) is 5.11 Å². The number of rotatable bonds is 3. The van der Waals surface area contributed by atoms with Crippen molar-refractivity contribution in [3.05, 3.63) is 23.8 Å². The van der Waals surface area contributed by atoms with Crippen molar-refractivity contribution in [3.63, 3.8) is 0 Å². The first-order valence-electron chi connectivity index (χ1n) is 4.31. The van der Waals surface area contributed by atoms with Crippen LogP contribution in [0.2, 0.25) is 0 Å². The summed E-state index contributed by atoms with van der Waals surface area (Å²) in [7, 11) is -5.11. The van der Waals surface area contributed by atoms with Crippen LogP contribution in [0, 0.1) is 0 Å². The molecule has 6 nitrogen and oxygen atoms in total. The van der Waals surface area contributed by atoms with Gasteiger partial charge >= 0.3 is 16.2 Å². The first kappa shape index (κ1) is 13.1. The Morgan fingerprint density at radius 2 is 1.94 bits per heavy atom. The van der Waals surface area contributed by atoms with Crippen LogP contribution >= 0.6 is 0 Å². The molecule has 0 saturated carbocycles. The predicted octanol–water partition coefficient (Wildman–Crippen LogP) is 1.00. The zero-order valence-corrected chi connectivity index (χ0v) is 9.41. The molecule has 0 aromatic heterocycles. The number of hydrogen-bond donors (Lipinski definition) is 2. The van der Waals surface area contributed by atoms with E-state index in [2.05, 4.69) is 5.32 Å². The number of carboxylic acids is 1. The summed E-state index contributed by atoms with van der Waals surface area (Å²) < 4.78 is 34.5. The second-order valence-corrected chi connectivity index (χ2v) is 4.45. The molecular weight excluding hydrogens is 253 g/mol. The Morgan fingerprint density at radius 1 is 1.35 bits per heavy atom. The van der Waals surface area contributed by atoms with Gasteiger partial charge < -0.3 is 10.4 Å². The average molecular weight is 261 g/mol. The number of amides is 1. The third-order valence-corrected chi connectivity index (χ3v) is 2.67. The second kappa shape index (κ2) is 4.50. The van der Waals surface area contributed by atoms with Gasteiger partial charge in [-0.15, -0.1) is 3.89 Å². The van der Waals surface area contributed by atoms with Crippen LogP contribution in [0.15, 0.2) is 23.1 Å². The number of carbonyl (C=O) groups is 2. The normalized spacial score (nSPS) is 10.9. The Labute approximate surface area is 96.3 Å². The van der Waals surface area contributed by atoms with Crippen LogP contribution in [-0.2, 0) is 15.0 Å². The lowest BCUT2D eigenvalue weighted by Gasteiger charge is -2.07. The molecule has 0 atom stereocenters. The molecule has 0 aliphatic heterocycles. The molecule has 0 fully saturated rings. The van der Waals surface area contributed by atoms with Gasteiger partial charge in [-0.3, -0.25) is 4.79 Å². The lowest BCUT2D eigenvalue weighted by molar-refractivity contribution is -0.114. The van der Waals surface area contributed by atoms with E-state index in [1.165, 1.54) is 0 Å². The molecule has 1 amide bonds. The molecule has 0 heterocycles. The molecule has 0 aliphatic carbocycles. The molecule has 17 heavy (non-hydrogen) atoms. The van der Waals surface area contributed by atoms with Crippen molar-refractivity contribution in [2.45, 2.75) is 11.8 Å². The number of nitrogens with one attached hydrogen (secondary N) is 1. The fourth-order valence-electron chi connectivity index (χ4n) is 1.15. The Hall–Kier alpha value is -1.96. The highest BCUT2D eigenvalue weighted by Gasteiger charge is 2.20. The number of halogens is 1. The van der Waals surface area contributed by atoms with Crippen molar-refractivity contribution in [1.29, 1.82) is 0 Å². The van der Waals surface area contributed by atoms with Crippen LogP contribution in [0.1, 0.15) is 17.3 Å². The minimum atomic E-state index is -5.11. The van der Waals surface area contributed by atoms with E-state index in [-0.39, 0.29) is 5.69 Å². The van der Waals surface area contributed by atoms with Gasteiger partial charge in [-0.25, -0.2) is 4.79 Å². The SMILES string of the molecule is CC(=O)Nc1ccc(C(=O)O)cc1S(=O)(=O)F. The van der Waals surface area contributed by atoms with E-state index < -0.39 is 32.6 Å². The smallest absolute Gasteiger partial charge is 0.335 e. The van der Waals surface area contributed by atoms with Crippen LogP contribution in [0.4, 0.5) is 9.57 Å². The maximum Gasteiger partial charge on any atom is 0.335 e. The van der Waals surface area contributed by atoms with E-state index in [9.17, 15) is 21.9 Å². The molecule has 1 aromatic carbocycles. The number of anilines is 1. The monoisotopic (exact) mass is 261 g/mol. The van der Waals surface area contributed by atoms with E-state index >= 15 is 0 Å². The van der Waals surface area contributed by atoms with Crippen LogP contribution in [0.5, 0.6) is 0 Å². The summed E-state index contributed by atoms with van der Waals surface area (Å²) >= 11 is 0. The van der Waals surface area contributed by atoms with Gasteiger partial charge in [0.1, 0.15) is 4.90 Å². The Bertz CT molecular complexity index is 581. The Balaban J connectivity index is 3.42. The van der Waals surface area contributed by atoms with Crippen molar-refractivity contribution in [1.82, 2.24) is 0 Å². The van der Waals surface area contributed by atoms with Crippen LogP contribution in [-0.4, -0.2) is 25.4 Å². The number of hydrogen-bond acceptors (Lipinski definition) is 4. The highest BCUT2D eigenvalue weighted by molar-refractivity contribution is 7.86. The summed E-state index contributed by atoms with van der Waals surface area (Å²) in [5, 5.41) is 10.7. The molecular formula is C9H8FNO5S. The first-order valence-corrected chi connectivity index (χ1v) is 5.70. The number of benzene rings is 1. The third kappa shape index (κ3) is 3.25. The summed E-state index contributed by atoms with van der Waals surface area (Å²) in [6, 6.07) is 2.71. The van der Waals surface area contributed by atoms with Crippen molar-refractivity contribution in [2.75, 3.05) is 5.32 Å². The second-order valence-electron chi connectivity index (χ2n) is 3.14. The maximum absolute atomic E-state index is 12.9. The molecule has 1 aromatic rings. The lowest BCUT2D eigenvalue weighted by atomic mass is 10.2. The minimum Gasteiger partial charge on any atom is -0.478 e. The summed E-state index contributed by atoms with van der Waals surface area (Å²) in [5.74, 6) is -2.00. The van der Waals surface area contributed by atoms with E-state index in [0.29, 0.717) is 6.07 Å². The van der Waals surface area contributed by atoms with Crippen molar-refractivity contribution < 1.29 is 27.0 Å². The molecule has 0 aliphatic rings. The number of aromatic carboxylic acids is 1. The van der Waals surface area contributed by atoms with Crippen molar-refractivity contribution >= 4 is 27.8 Å². The van der Waals surface area contributed by atoms with Crippen molar-refractivity contribution in [2.24, 2.45) is 0 Å². The summed E-state index contributed by atoms with van der Waals surface area (Å²) in [5.41, 5.74) is -0.694. The van der Waals surface area contributed by atoms with Gasteiger partial charge in [0.2, 0.25) is 5.91 Å². The van der Waals surface area contributed by atoms with E-state index in [1.807, 2.05) is 0 Å². The molecule has 2 N–H and O–H groups in total. The number of carboxylic acid groups (broad SMARTS) is 1. The van der Waals surface area contributed by atoms with Gasteiger partial charge in [-0.2, -0.15) is 8.42 Å². The standard InChI is InChI=1S/C9H8FNO5S/c1-5(12)11-7-3-2-6(9(13)14)4-8(7)17(10,15)16/h2-4H,1H3,(H,11,12)(H,13,14). The first-order chi connectivity index (χ1) is 7.71. The van der Waals surface area contributed by atoms with Gasteiger partial charge in [0.15, 0.2) is 0 Å². The number of carbonyl (C=O) groups excluding carboxylic acids is 1. The van der Waals surface area contributed by atoms with Gasteiger partial charge in [-0.1, -0.05) is 0 Å². The largest absolute Gasteiger partial charge is 0.478 e. The molecule has 0 saturated heterocycles. The van der Waals surface area contributed by atoms with E-state index in [0.717, 1.165) is 19.1 Å². The molecule has 0 radical (unpaired) electrons. The van der Waals surface area contributed by atoms with Gasteiger partial charge in [0, 0.05) is 6.92 Å². The maximum atomic E-state index is 12.9. The summed E-state index contributed by atoms with van der Waals surface area (Å²) in [6.07, 6.45) is 0. The highest BCUT2D eigenvalue weighted by Crippen LogP contribution is 2.24.